The van der Waals surface area contributed by atoms with Crippen molar-refractivity contribution in [3.8, 4) is 0 Å². The Morgan fingerprint density at radius 3 is 2.50 bits per heavy atom. The highest BCUT2D eigenvalue weighted by Gasteiger charge is 2.08. The Morgan fingerprint density at radius 2 is 1.80 bits per heavy atom. The minimum Gasteiger partial charge on any atom is -0.381 e. The van der Waals surface area contributed by atoms with Crippen molar-refractivity contribution in [2.24, 2.45) is 0 Å². The summed E-state index contributed by atoms with van der Waals surface area (Å²) < 4.78 is 1.11. The van der Waals surface area contributed by atoms with Crippen LogP contribution in [0.25, 0.3) is 5.70 Å². The smallest absolute Gasteiger partial charge is 0.118 e. The lowest BCUT2D eigenvalue weighted by molar-refractivity contribution is 0.979. The Kier molecular flexibility index (Phi) is 4.18. The zero-order valence-corrected chi connectivity index (χ0v) is 13.5. The second kappa shape index (κ2) is 6.24. The van der Waals surface area contributed by atoms with Gasteiger partial charge in [0.15, 0.2) is 0 Å². The molecular weight excluding hydrogens is 326 g/mol. The molecule has 0 saturated carbocycles. The van der Waals surface area contributed by atoms with Crippen molar-refractivity contribution in [2.75, 3.05) is 6.54 Å². The predicted molar refractivity (Wildman–Crippen MR) is 90.0 cm³/mol. The van der Waals surface area contributed by atoms with Gasteiger partial charge in [0.2, 0.25) is 0 Å². The molecule has 1 heterocycles. The lowest BCUT2D eigenvalue weighted by atomic mass is 10.1. The largest absolute Gasteiger partial charge is 0.381 e. The second-order valence-corrected chi connectivity index (χ2v) is 7.01. The molecule has 3 rings (SSSR count). The van der Waals surface area contributed by atoms with E-state index in [4.69, 9.17) is 0 Å². The van der Waals surface area contributed by atoms with Gasteiger partial charge >= 0.3 is 0 Å². The number of hydrogen-bond acceptors (Lipinski definition) is 1. The second-order valence-electron chi connectivity index (χ2n) is 4.63. The van der Waals surface area contributed by atoms with Gasteiger partial charge in [-0.1, -0.05) is 74.9 Å². The molecule has 0 fully saturated rings. The van der Waals surface area contributed by atoms with Crippen molar-refractivity contribution in [3.63, 3.8) is 0 Å². The fraction of sp³-hybridized carbons (Fsp3) is 0.0588. The third kappa shape index (κ3) is 3.29. The average Bonchev–Trinajstić information content (AvgIpc) is 2.49. The fourth-order valence-electron chi connectivity index (χ4n) is 2.14. The van der Waals surface area contributed by atoms with Gasteiger partial charge in [-0.15, -0.1) is 0 Å². The van der Waals surface area contributed by atoms with E-state index in [1.807, 2.05) is 6.07 Å². The highest BCUT2D eigenvalue weighted by Crippen LogP contribution is 2.19. The molecule has 0 atom stereocenters. The Bertz CT molecular complexity index is 662. The quantitative estimate of drug-likeness (QED) is 0.846. The summed E-state index contributed by atoms with van der Waals surface area (Å²) in [6, 6.07) is 19.0. The molecule has 1 nitrogen and oxygen atoms in total. The van der Waals surface area contributed by atoms with E-state index >= 15 is 0 Å². The molecule has 0 saturated heterocycles. The third-order valence-corrected chi connectivity index (χ3v) is 4.91. The molecule has 1 aliphatic rings. The van der Waals surface area contributed by atoms with Crippen LogP contribution in [0.5, 0.6) is 0 Å². The van der Waals surface area contributed by atoms with Gasteiger partial charge in [0, 0.05) is 16.7 Å². The topological polar surface area (TPSA) is 12.0 Å². The van der Waals surface area contributed by atoms with Crippen molar-refractivity contribution in [3.05, 3.63) is 82.0 Å². The number of nitrogens with one attached hydrogen (secondary N) is 1. The van der Waals surface area contributed by atoms with E-state index in [9.17, 15) is 0 Å². The summed E-state index contributed by atoms with van der Waals surface area (Å²) in [6.45, 7) is 0.922. The van der Waals surface area contributed by atoms with Crippen molar-refractivity contribution >= 4 is 36.3 Å². The fourth-order valence-corrected chi connectivity index (χ4v) is 3.61. The third-order valence-electron chi connectivity index (χ3n) is 3.13. The molecule has 2 radical (unpaired) electrons. The number of halogens is 1. The molecule has 1 aliphatic heterocycles. The first-order chi connectivity index (χ1) is 9.81. The number of dihydropyridines is 1. The van der Waals surface area contributed by atoms with Crippen LogP contribution in [0, 0.1) is 0 Å². The maximum absolute atomic E-state index is 3.52. The van der Waals surface area contributed by atoms with E-state index in [-0.39, 0.29) is 0 Å². The molecule has 2 aromatic carbocycles. The Morgan fingerprint density at radius 1 is 0.950 bits per heavy atom. The highest BCUT2D eigenvalue weighted by atomic mass is 79.9. The molecule has 98 valence electrons. The maximum Gasteiger partial charge on any atom is 0.118 e. The zero-order valence-electron chi connectivity index (χ0n) is 10.9. The van der Waals surface area contributed by atoms with E-state index in [0.717, 1.165) is 20.5 Å². The van der Waals surface area contributed by atoms with Crippen LogP contribution in [0.15, 0.2) is 76.4 Å². The molecule has 3 heteroatoms. The summed E-state index contributed by atoms with van der Waals surface area (Å²) in [6.07, 6.45) is 4.43. The normalized spacial score (nSPS) is 14.2. The van der Waals surface area contributed by atoms with Gasteiger partial charge < -0.3 is 5.32 Å². The van der Waals surface area contributed by atoms with E-state index < -0.39 is 0 Å². The number of benzene rings is 2. The van der Waals surface area contributed by atoms with E-state index in [1.54, 1.807) is 0 Å². The first-order valence-electron chi connectivity index (χ1n) is 6.54. The van der Waals surface area contributed by atoms with Gasteiger partial charge in [-0.3, -0.25) is 0 Å². The minimum atomic E-state index is 0.743. The Balaban J connectivity index is 1.76. The van der Waals surface area contributed by atoms with Crippen LogP contribution < -0.4 is 10.5 Å². The summed E-state index contributed by atoms with van der Waals surface area (Å²) in [5.41, 5.74) is 2.41. The summed E-state index contributed by atoms with van der Waals surface area (Å²) in [5.74, 6) is 0. The zero-order chi connectivity index (χ0) is 13.8. The highest BCUT2D eigenvalue weighted by molar-refractivity contribution is 9.10. The van der Waals surface area contributed by atoms with Crippen LogP contribution >= 0.6 is 15.9 Å². The lowest BCUT2D eigenvalue weighted by Gasteiger charge is -2.17. The van der Waals surface area contributed by atoms with Crippen LogP contribution in [0.1, 0.15) is 5.56 Å². The van der Waals surface area contributed by atoms with Crippen LogP contribution in [0.3, 0.4) is 0 Å². The van der Waals surface area contributed by atoms with Gasteiger partial charge in [0.05, 0.1) is 0 Å². The van der Waals surface area contributed by atoms with Crippen LogP contribution in [-0.4, -0.2) is 16.1 Å². The summed E-state index contributed by atoms with van der Waals surface area (Å²) in [7, 11) is 0.743. The van der Waals surface area contributed by atoms with E-state index in [2.05, 4.69) is 81.9 Å². The van der Waals surface area contributed by atoms with E-state index in [0.29, 0.717) is 0 Å². The van der Waals surface area contributed by atoms with E-state index in [1.165, 1.54) is 21.6 Å². The van der Waals surface area contributed by atoms with Crippen molar-refractivity contribution in [1.82, 2.24) is 5.32 Å². The van der Waals surface area contributed by atoms with Gasteiger partial charge in [-0.05, 0) is 23.8 Å². The Hall–Kier alpha value is -1.58. The number of hydrogen-bond donors (Lipinski definition) is 1. The lowest BCUT2D eigenvalue weighted by Crippen LogP contribution is -2.26. The maximum atomic E-state index is 3.52. The van der Waals surface area contributed by atoms with Gasteiger partial charge in [-0.25, -0.2) is 0 Å². The molecule has 20 heavy (non-hydrogen) atoms. The van der Waals surface area contributed by atoms with Crippen molar-refractivity contribution < 1.29 is 0 Å². The number of allylic oxidation sites excluding steroid dienone is 2. The number of rotatable bonds is 3. The molecule has 0 aromatic heterocycles. The minimum absolute atomic E-state index is 0.743. The molecule has 0 spiro atoms. The predicted octanol–water partition coefficient (Wildman–Crippen LogP) is 3.31. The summed E-state index contributed by atoms with van der Waals surface area (Å²) >= 11 is 3.52. The molecule has 0 bridgehead atoms. The van der Waals surface area contributed by atoms with Crippen LogP contribution in [0.2, 0.25) is 0 Å². The Labute approximate surface area is 130 Å². The molecule has 0 amide bonds. The van der Waals surface area contributed by atoms with Crippen molar-refractivity contribution in [2.45, 2.75) is 0 Å². The van der Waals surface area contributed by atoms with Gasteiger partial charge in [-0.2, -0.15) is 0 Å². The van der Waals surface area contributed by atoms with Crippen LogP contribution in [-0.2, 0) is 0 Å². The monoisotopic (exact) mass is 339 g/mol. The molecule has 1 N–H and O–H groups in total. The van der Waals surface area contributed by atoms with Crippen LogP contribution in [0.4, 0.5) is 0 Å². The molecule has 0 unspecified atom stereocenters. The molecule has 2 aromatic rings. The van der Waals surface area contributed by atoms with Gasteiger partial charge in [0.25, 0.3) is 0 Å². The molecule has 0 aliphatic carbocycles. The summed E-state index contributed by atoms with van der Waals surface area (Å²) in [4.78, 5) is 0. The van der Waals surface area contributed by atoms with Gasteiger partial charge in [0.1, 0.15) is 9.52 Å². The SMILES string of the molecule is Brc1cccc(C2=CC=C([Si]c3ccccc3)CN2)c1. The standard InChI is InChI=1S/C17H14BrNSi/c18-14-6-4-5-13(11-14)17-10-9-16(12-19-17)20-15-7-2-1-3-8-15/h1-11,19H,12H2. The first kappa shape index (κ1) is 13.4. The van der Waals surface area contributed by atoms with Crippen molar-refractivity contribution in [1.29, 1.82) is 0 Å². The first-order valence-corrected chi connectivity index (χ1v) is 8.33. The average molecular weight is 340 g/mol. The molecular formula is C17H14BrNSi. The summed E-state index contributed by atoms with van der Waals surface area (Å²) in [5, 5.41) is 6.34.